The lowest BCUT2D eigenvalue weighted by Crippen LogP contribution is -2.50. The second-order valence-corrected chi connectivity index (χ2v) is 10.4. The standard InChI is InChI=1S/C27H36FN3O4S/c1-2-35-25(33)11-12-29-15-16-30(24(32)18-29)13-9-20-17-31(14-10-23(20)36)26(27(34)19-7-8-19)21-5-3-4-6-22(21)28/h3-6,9,19,23,26,36H,2,7-8,10-18H2,1H3. The number of hydrogen-bond acceptors (Lipinski definition) is 7. The monoisotopic (exact) mass is 517 g/mol. The Morgan fingerprint density at radius 2 is 1.94 bits per heavy atom. The van der Waals surface area contributed by atoms with E-state index in [0.717, 1.165) is 24.8 Å². The maximum Gasteiger partial charge on any atom is 0.307 e. The Balaban J connectivity index is 1.38. The zero-order valence-corrected chi connectivity index (χ0v) is 21.8. The Hall–Kier alpha value is -2.23. The van der Waals surface area contributed by atoms with Crippen LogP contribution < -0.4 is 0 Å². The lowest BCUT2D eigenvalue weighted by Gasteiger charge is -2.38. The van der Waals surface area contributed by atoms with E-state index >= 15 is 0 Å². The molecule has 2 heterocycles. The number of likely N-dealkylation sites (tertiary alicyclic amines) is 1. The third kappa shape index (κ3) is 6.75. The number of carbonyl (C=O) groups is 3. The summed E-state index contributed by atoms with van der Waals surface area (Å²) >= 11 is 4.77. The number of benzene rings is 1. The van der Waals surface area contributed by atoms with Crippen molar-refractivity contribution in [2.75, 3.05) is 52.4 Å². The number of esters is 1. The van der Waals surface area contributed by atoms with Gasteiger partial charge in [-0.15, -0.1) is 0 Å². The molecule has 3 fully saturated rings. The molecule has 0 bridgehead atoms. The third-order valence-corrected chi connectivity index (χ3v) is 7.82. The van der Waals surface area contributed by atoms with Crippen LogP contribution in [0.4, 0.5) is 4.39 Å². The largest absolute Gasteiger partial charge is 0.466 e. The number of hydrogen-bond donors (Lipinski definition) is 1. The number of ether oxygens (including phenoxy) is 1. The highest BCUT2D eigenvalue weighted by molar-refractivity contribution is 7.81. The Bertz CT molecular complexity index is 999. The van der Waals surface area contributed by atoms with Gasteiger partial charge in [-0.2, -0.15) is 12.6 Å². The van der Waals surface area contributed by atoms with Gasteiger partial charge in [-0.1, -0.05) is 24.3 Å². The van der Waals surface area contributed by atoms with Gasteiger partial charge in [0.15, 0.2) is 5.78 Å². The predicted octanol–water partition coefficient (Wildman–Crippen LogP) is 2.87. The van der Waals surface area contributed by atoms with Crippen molar-refractivity contribution in [1.82, 2.24) is 14.7 Å². The van der Waals surface area contributed by atoms with Crippen molar-refractivity contribution in [1.29, 1.82) is 0 Å². The molecule has 2 saturated heterocycles. The minimum Gasteiger partial charge on any atom is -0.466 e. The molecule has 7 nitrogen and oxygen atoms in total. The first-order valence-electron chi connectivity index (χ1n) is 12.9. The van der Waals surface area contributed by atoms with Gasteiger partial charge in [0.1, 0.15) is 5.82 Å². The van der Waals surface area contributed by atoms with Crippen LogP contribution in [0, 0.1) is 11.7 Å². The molecule has 1 aliphatic carbocycles. The van der Waals surface area contributed by atoms with Gasteiger partial charge in [0.05, 0.1) is 25.6 Å². The molecule has 1 aromatic carbocycles. The second kappa shape index (κ2) is 12.3. The number of Topliss-reactive ketones (excluding diaryl/α,β-unsaturated/α-hetero) is 1. The molecule has 9 heteroatoms. The molecule has 4 rings (SSSR count). The molecule has 0 radical (unpaired) electrons. The molecular formula is C27H36FN3O4S. The Kier molecular flexibility index (Phi) is 9.19. The van der Waals surface area contributed by atoms with E-state index in [9.17, 15) is 18.8 Å². The lowest BCUT2D eigenvalue weighted by atomic mass is 9.93. The van der Waals surface area contributed by atoms with Crippen LogP contribution in [0.1, 0.15) is 44.2 Å². The predicted molar refractivity (Wildman–Crippen MR) is 138 cm³/mol. The normalized spacial score (nSPS) is 23.6. The van der Waals surface area contributed by atoms with Gasteiger partial charge in [-0.25, -0.2) is 4.39 Å². The topological polar surface area (TPSA) is 70.2 Å². The van der Waals surface area contributed by atoms with Gasteiger partial charge in [-0.05, 0) is 37.8 Å². The van der Waals surface area contributed by atoms with Crippen LogP contribution in [-0.2, 0) is 19.1 Å². The zero-order chi connectivity index (χ0) is 25.7. The van der Waals surface area contributed by atoms with Crippen molar-refractivity contribution >= 4 is 30.3 Å². The fourth-order valence-corrected chi connectivity index (χ4v) is 5.28. The van der Waals surface area contributed by atoms with Gasteiger partial charge < -0.3 is 9.64 Å². The van der Waals surface area contributed by atoms with Crippen LogP contribution in [0.3, 0.4) is 0 Å². The van der Waals surface area contributed by atoms with E-state index in [1.807, 2.05) is 9.80 Å². The maximum atomic E-state index is 14.7. The Labute approximate surface area is 218 Å². The van der Waals surface area contributed by atoms with Crippen LogP contribution in [0.2, 0.25) is 0 Å². The molecule has 1 saturated carbocycles. The van der Waals surface area contributed by atoms with Crippen molar-refractivity contribution in [2.24, 2.45) is 5.92 Å². The minimum absolute atomic E-state index is 0.0218. The van der Waals surface area contributed by atoms with Crippen LogP contribution in [-0.4, -0.2) is 90.0 Å². The summed E-state index contributed by atoms with van der Waals surface area (Å²) in [6.45, 7) is 5.90. The van der Waals surface area contributed by atoms with Crippen molar-refractivity contribution < 1.29 is 23.5 Å². The van der Waals surface area contributed by atoms with Gasteiger partial charge >= 0.3 is 5.97 Å². The highest BCUT2D eigenvalue weighted by Gasteiger charge is 2.41. The number of rotatable bonds is 10. The summed E-state index contributed by atoms with van der Waals surface area (Å²) in [6, 6.07) is 5.98. The summed E-state index contributed by atoms with van der Waals surface area (Å²) in [6.07, 6.45) is 4.85. The third-order valence-electron chi connectivity index (χ3n) is 7.23. The molecule has 0 N–H and O–H groups in total. The van der Waals surface area contributed by atoms with Gasteiger partial charge in [0, 0.05) is 56.0 Å². The summed E-state index contributed by atoms with van der Waals surface area (Å²) in [5.41, 5.74) is 1.51. The molecule has 1 aromatic rings. The highest BCUT2D eigenvalue weighted by Crippen LogP contribution is 2.39. The van der Waals surface area contributed by atoms with E-state index in [2.05, 4.69) is 11.0 Å². The average Bonchev–Trinajstić information content (AvgIpc) is 3.71. The molecule has 3 aliphatic rings. The van der Waals surface area contributed by atoms with Crippen LogP contribution in [0.5, 0.6) is 0 Å². The van der Waals surface area contributed by atoms with Crippen molar-refractivity contribution in [3.05, 3.63) is 47.3 Å². The number of amides is 1. The van der Waals surface area contributed by atoms with Gasteiger partial charge in [0.2, 0.25) is 5.91 Å². The van der Waals surface area contributed by atoms with Crippen molar-refractivity contribution in [3.8, 4) is 0 Å². The molecule has 2 atom stereocenters. The van der Waals surface area contributed by atoms with E-state index in [4.69, 9.17) is 17.4 Å². The number of carbonyl (C=O) groups excluding carboxylic acids is 3. The number of halogens is 1. The first kappa shape index (κ1) is 26.8. The quantitative estimate of drug-likeness (QED) is 0.293. The zero-order valence-electron chi connectivity index (χ0n) is 20.9. The fraction of sp³-hybridized carbons (Fsp3) is 0.593. The van der Waals surface area contributed by atoms with E-state index in [-0.39, 0.29) is 47.6 Å². The van der Waals surface area contributed by atoms with E-state index in [1.54, 1.807) is 25.1 Å². The Morgan fingerprint density at radius 3 is 2.64 bits per heavy atom. The summed E-state index contributed by atoms with van der Waals surface area (Å²) in [5.74, 6) is -0.438. The molecule has 2 aliphatic heterocycles. The Morgan fingerprint density at radius 1 is 1.17 bits per heavy atom. The van der Waals surface area contributed by atoms with Crippen LogP contribution in [0.25, 0.3) is 0 Å². The summed E-state index contributed by atoms with van der Waals surface area (Å²) in [7, 11) is 0. The first-order valence-corrected chi connectivity index (χ1v) is 13.4. The van der Waals surface area contributed by atoms with E-state index < -0.39 is 6.04 Å². The molecule has 0 aromatic heterocycles. The van der Waals surface area contributed by atoms with Crippen LogP contribution >= 0.6 is 12.6 Å². The fourth-order valence-electron chi connectivity index (χ4n) is 4.98. The molecule has 196 valence electrons. The lowest BCUT2D eigenvalue weighted by molar-refractivity contribution is -0.144. The average molecular weight is 518 g/mol. The van der Waals surface area contributed by atoms with Crippen molar-refractivity contribution in [2.45, 2.75) is 43.9 Å². The molecule has 36 heavy (non-hydrogen) atoms. The number of thiol groups is 1. The SMILES string of the molecule is CCOC(=O)CCN1CCN(CC=C2CN(C(C(=O)C3CC3)c3ccccc3F)CCC2S)C(=O)C1. The molecule has 0 spiro atoms. The number of ketones is 1. The van der Waals surface area contributed by atoms with Crippen LogP contribution in [0.15, 0.2) is 35.9 Å². The van der Waals surface area contributed by atoms with Gasteiger partial charge in [0.25, 0.3) is 0 Å². The molecule has 1 amide bonds. The summed E-state index contributed by atoms with van der Waals surface area (Å²) < 4.78 is 19.7. The molecule has 2 unspecified atom stereocenters. The second-order valence-electron chi connectivity index (χ2n) is 9.83. The van der Waals surface area contributed by atoms with Crippen molar-refractivity contribution in [3.63, 3.8) is 0 Å². The number of piperidine rings is 1. The number of piperazine rings is 1. The highest BCUT2D eigenvalue weighted by atomic mass is 32.1. The number of nitrogens with zero attached hydrogens (tertiary/aromatic N) is 3. The first-order chi connectivity index (χ1) is 17.4. The summed E-state index contributed by atoms with van der Waals surface area (Å²) in [4.78, 5) is 43.4. The minimum atomic E-state index is -0.590. The van der Waals surface area contributed by atoms with E-state index in [0.29, 0.717) is 51.4 Å². The van der Waals surface area contributed by atoms with E-state index in [1.165, 1.54) is 6.07 Å². The maximum absolute atomic E-state index is 14.7. The smallest absolute Gasteiger partial charge is 0.307 e. The molecular weight excluding hydrogens is 481 g/mol. The van der Waals surface area contributed by atoms with Gasteiger partial charge in [-0.3, -0.25) is 24.2 Å². The summed E-state index contributed by atoms with van der Waals surface area (Å²) in [5, 5.41) is 0.0412.